The maximum absolute atomic E-state index is 12.4. The van der Waals surface area contributed by atoms with Crippen LogP contribution in [0, 0.1) is 11.8 Å². The summed E-state index contributed by atoms with van der Waals surface area (Å²) in [4.78, 5) is 0. The topological polar surface area (TPSA) is 9.23 Å². The minimum absolute atomic E-state index is 0.505. The maximum atomic E-state index is 12.4. The van der Waals surface area contributed by atoms with E-state index in [-0.39, 0.29) is 0 Å². The van der Waals surface area contributed by atoms with Gasteiger partial charge in [-0.3, -0.25) is 0 Å². The molecule has 0 aromatic heterocycles. The van der Waals surface area contributed by atoms with Gasteiger partial charge in [0.15, 0.2) is 0 Å². The molecular weight excluding hydrogens is 342 g/mol. The van der Waals surface area contributed by atoms with Gasteiger partial charge in [0.25, 0.3) is 6.08 Å². The molecule has 3 rings (SSSR count). The average molecular weight is 377 g/mol. The van der Waals surface area contributed by atoms with Crippen molar-refractivity contribution in [3.8, 4) is 0 Å². The van der Waals surface area contributed by atoms with Crippen LogP contribution in [0.5, 0.6) is 0 Å². The number of benzene rings is 1. The number of hydrogen-bond donors (Lipinski definition) is 0. The number of rotatable bonds is 7. The lowest BCUT2D eigenvalue weighted by molar-refractivity contribution is 0.00675. The van der Waals surface area contributed by atoms with Crippen molar-refractivity contribution in [3.63, 3.8) is 0 Å². The Balaban J connectivity index is 1.42. The standard InChI is InChI=1S/C24H34F2O/c1-2-3-16-27-23-14-12-22(13-15-23)21-10-8-20(9-11-21)19-6-4-18(5-7-19)17-24(25)26/h4-7,17,20-23H,2-3,8-16H2,1H3/t20-,21-,22-,23-. The van der Waals surface area contributed by atoms with Gasteiger partial charge in [0.2, 0.25) is 0 Å². The van der Waals surface area contributed by atoms with Crippen molar-refractivity contribution >= 4 is 6.08 Å². The summed E-state index contributed by atoms with van der Waals surface area (Å²) in [5, 5.41) is 0. The molecule has 0 saturated heterocycles. The van der Waals surface area contributed by atoms with E-state index in [0.29, 0.717) is 17.6 Å². The first-order chi connectivity index (χ1) is 13.2. The van der Waals surface area contributed by atoms with Crippen molar-refractivity contribution < 1.29 is 13.5 Å². The monoisotopic (exact) mass is 376 g/mol. The van der Waals surface area contributed by atoms with Gasteiger partial charge in [-0.05, 0) is 86.7 Å². The van der Waals surface area contributed by atoms with Crippen molar-refractivity contribution in [2.45, 2.75) is 83.2 Å². The summed E-state index contributed by atoms with van der Waals surface area (Å²) in [6, 6.07) is 7.72. The number of hydrogen-bond acceptors (Lipinski definition) is 1. The molecule has 2 saturated carbocycles. The fourth-order valence-electron chi connectivity index (χ4n) is 5.04. The molecule has 1 nitrogen and oxygen atoms in total. The van der Waals surface area contributed by atoms with Crippen molar-refractivity contribution in [1.82, 2.24) is 0 Å². The molecule has 27 heavy (non-hydrogen) atoms. The molecule has 2 aliphatic rings. The van der Waals surface area contributed by atoms with Crippen LogP contribution in [0.1, 0.15) is 88.2 Å². The van der Waals surface area contributed by atoms with Crippen LogP contribution >= 0.6 is 0 Å². The molecule has 0 spiro atoms. The van der Waals surface area contributed by atoms with Gasteiger partial charge in [-0.25, -0.2) is 0 Å². The lowest BCUT2D eigenvalue weighted by Gasteiger charge is -2.38. The Labute approximate surface area is 163 Å². The number of halogens is 2. The van der Waals surface area contributed by atoms with Crippen molar-refractivity contribution in [2.24, 2.45) is 11.8 Å². The zero-order valence-corrected chi connectivity index (χ0v) is 16.6. The predicted molar refractivity (Wildman–Crippen MR) is 108 cm³/mol. The summed E-state index contributed by atoms with van der Waals surface area (Å²) in [6.45, 7) is 3.15. The number of unbranched alkanes of at least 4 members (excludes halogenated alkanes) is 1. The molecule has 1 aromatic carbocycles. The highest BCUT2D eigenvalue weighted by molar-refractivity contribution is 5.50. The van der Waals surface area contributed by atoms with Crippen LogP contribution < -0.4 is 0 Å². The maximum Gasteiger partial charge on any atom is 0.270 e. The van der Waals surface area contributed by atoms with Crippen LogP contribution in [0.4, 0.5) is 8.78 Å². The Hall–Kier alpha value is -1.22. The molecule has 0 unspecified atom stereocenters. The molecule has 0 aliphatic heterocycles. The SMILES string of the molecule is CCCCO[C@H]1CC[C@H]([C@H]2CC[C@H](c3ccc(C=C(F)F)cc3)CC2)CC1. The number of ether oxygens (including phenoxy) is 1. The highest BCUT2D eigenvalue weighted by atomic mass is 19.3. The van der Waals surface area contributed by atoms with Crippen LogP contribution in [-0.4, -0.2) is 12.7 Å². The molecule has 0 amide bonds. The molecule has 0 radical (unpaired) electrons. The van der Waals surface area contributed by atoms with E-state index < -0.39 is 6.08 Å². The van der Waals surface area contributed by atoms with E-state index in [1.807, 2.05) is 24.3 Å². The quantitative estimate of drug-likeness (QED) is 0.446. The molecule has 3 heteroatoms. The Bertz CT molecular complexity index is 575. The second-order valence-corrected chi connectivity index (χ2v) is 8.47. The first kappa shape index (κ1) is 20.5. The second-order valence-electron chi connectivity index (χ2n) is 8.47. The van der Waals surface area contributed by atoms with E-state index in [2.05, 4.69) is 6.92 Å². The Kier molecular flexibility index (Phi) is 7.87. The average Bonchev–Trinajstić information content (AvgIpc) is 2.69. The van der Waals surface area contributed by atoms with Gasteiger partial charge in [0.1, 0.15) is 0 Å². The van der Waals surface area contributed by atoms with E-state index in [1.54, 1.807) is 0 Å². The zero-order valence-electron chi connectivity index (χ0n) is 16.6. The molecule has 1 aromatic rings. The van der Waals surface area contributed by atoms with Gasteiger partial charge >= 0.3 is 0 Å². The lowest BCUT2D eigenvalue weighted by Crippen LogP contribution is -2.28. The predicted octanol–water partition coefficient (Wildman–Crippen LogP) is 7.57. The van der Waals surface area contributed by atoms with E-state index >= 15 is 0 Å². The Morgan fingerprint density at radius 2 is 1.52 bits per heavy atom. The largest absolute Gasteiger partial charge is 0.378 e. The normalized spacial score (nSPS) is 28.7. The van der Waals surface area contributed by atoms with Crippen LogP contribution in [-0.2, 0) is 4.74 Å². The van der Waals surface area contributed by atoms with E-state index in [0.717, 1.165) is 24.5 Å². The Morgan fingerprint density at radius 1 is 0.926 bits per heavy atom. The Morgan fingerprint density at radius 3 is 2.07 bits per heavy atom. The third-order valence-corrected chi connectivity index (χ3v) is 6.69. The third-order valence-electron chi connectivity index (χ3n) is 6.69. The molecule has 0 atom stereocenters. The summed E-state index contributed by atoms with van der Waals surface area (Å²) in [5.41, 5.74) is 1.91. The van der Waals surface area contributed by atoms with Crippen LogP contribution in [0.25, 0.3) is 6.08 Å². The fourth-order valence-corrected chi connectivity index (χ4v) is 5.04. The first-order valence-electron chi connectivity index (χ1n) is 10.9. The van der Waals surface area contributed by atoms with E-state index in [4.69, 9.17) is 4.74 Å². The molecule has 2 aliphatic carbocycles. The van der Waals surface area contributed by atoms with E-state index in [1.165, 1.54) is 69.8 Å². The second kappa shape index (κ2) is 10.4. The fraction of sp³-hybridized carbons (Fsp3) is 0.667. The van der Waals surface area contributed by atoms with Crippen LogP contribution in [0.3, 0.4) is 0 Å². The first-order valence-corrected chi connectivity index (χ1v) is 10.9. The van der Waals surface area contributed by atoms with Crippen LogP contribution in [0.2, 0.25) is 0 Å². The molecule has 0 N–H and O–H groups in total. The molecular formula is C24H34F2O. The van der Waals surface area contributed by atoms with Gasteiger partial charge in [-0.1, -0.05) is 37.6 Å². The highest BCUT2D eigenvalue weighted by Gasteiger charge is 2.31. The van der Waals surface area contributed by atoms with Crippen molar-refractivity contribution in [3.05, 3.63) is 41.5 Å². The van der Waals surface area contributed by atoms with Gasteiger partial charge in [-0.15, -0.1) is 0 Å². The minimum Gasteiger partial charge on any atom is -0.378 e. The third kappa shape index (κ3) is 6.14. The van der Waals surface area contributed by atoms with E-state index in [9.17, 15) is 8.78 Å². The summed E-state index contributed by atoms with van der Waals surface area (Å²) in [5.74, 6) is 2.36. The van der Waals surface area contributed by atoms with Gasteiger partial charge in [0, 0.05) is 12.7 Å². The van der Waals surface area contributed by atoms with Crippen LogP contribution in [0.15, 0.2) is 30.3 Å². The zero-order chi connectivity index (χ0) is 19.1. The van der Waals surface area contributed by atoms with Gasteiger partial charge < -0.3 is 4.74 Å². The molecule has 150 valence electrons. The van der Waals surface area contributed by atoms with Gasteiger partial charge in [0.05, 0.1) is 6.10 Å². The summed E-state index contributed by atoms with van der Waals surface area (Å²) < 4.78 is 30.7. The van der Waals surface area contributed by atoms with Crippen molar-refractivity contribution in [2.75, 3.05) is 6.61 Å². The smallest absolute Gasteiger partial charge is 0.270 e. The lowest BCUT2D eigenvalue weighted by atomic mass is 9.69. The molecule has 0 heterocycles. The molecule has 2 fully saturated rings. The molecule has 0 bridgehead atoms. The highest BCUT2D eigenvalue weighted by Crippen LogP contribution is 2.43. The van der Waals surface area contributed by atoms with Gasteiger partial charge in [-0.2, -0.15) is 8.78 Å². The summed E-state index contributed by atoms with van der Waals surface area (Å²) >= 11 is 0. The summed E-state index contributed by atoms with van der Waals surface area (Å²) in [7, 11) is 0. The summed E-state index contributed by atoms with van der Waals surface area (Å²) in [6.07, 6.45) is 12.5. The van der Waals surface area contributed by atoms with Crippen molar-refractivity contribution in [1.29, 1.82) is 0 Å². The minimum atomic E-state index is -1.63.